The Morgan fingerprint density at radius 3 is 2.65 bits per heavy atom. The number of anilines is 2. The van der Waals surface area contributed by atoms with E-state index in [4.69, 9.17) is 4.74 Å². The minimum Gasteiger partial charge on any atom is -0.481 e. The lowest BCUT2D eigenvalue weighted by Gasteiger charge is -2.13. The molecule has 10 heteroatoms. The largest absolute Gasteiger partial charge is 0.481 e. The van der Waals surface area contributed by atoms with Gasteiger partial charge in [0, 0.05) is 18.8 Å². The van der Waals surface area contributed by atoms with Crippen molar-refractivity contribution < 1.29 is 14.6 Å². The van der Waals surface area contributed by atoms with Crippen molar-refractivity contribution in [1.29, 1.82) is 5.26 Å². The summed E-state index contributed by atoms with van der Waals surface area (Å²) in [7, 11) is 1.83. The van der Waals surface area contributed by atoms with Gasteiger partial charge in [0.05, 0.1) is 46.9 Å². The maximum absolute atomic E-state index is 11.7. The van der Waals surface area contributed by atoms with Gasteiger partial charge >= 0.3 is 5.97 Å². The van der Waals surface area contributed by atoms with E-state index in [2.05, 4.69) is 31.4 Å². The fourth-order valence-corrected chi connectivity index (χ4v) is 4.40. The van der Waals surface area contributed by atoms with Crippen LogP contribution < -0.4 is 10.1 Å². The molecule has 2 fully saturated rings. The molecule has 0 aliphatic heterocycles. The quantitative estimate of drug-likeness (QED) is 0.369. The molecule has 4 aromatic rings. The number of aryl methyl sites for hydroxylation is 1. The smallest absolute Gasteiger partial charge is 0.314 e. The summed E-state index contributed by atoms with van der Waals surface area (Å²) < 4.78 is 7.45. The lowest BCUT2D eigenvalue weighted by Crippen LogP contribution is -2.20. The standard InChI is InChI=1S/C27H23N7O3/c1-34-25(33-23-14-29-15-24(32-23)37-19-4-5-19)20(13-31-34)22-7-3-17(12-30-22)16-2-6-21(18(10-16)11-28)27(8-9-27)26(35)36/h2-3,6-7,10,12-15,19H,4-5,8-9H2,1H3,(H,32,33)(H,35,36). The molecule has 0 saturated heterocycles. The molecule has 184 valence electrons. The Kier molecular flexibility index (Phi) is 5.34. The first kappa shape index (κ1) is 22.7. The molecule has 0 bridgehead atoms. The van der Waals surface area contributed by atoms with Crippen LogP contribution in [0.15, 0.2) is 55.1 Å². The number of hydrogen-bond acceptors (Lipinski definition) is 8. The minimum atomic E-state index is -0.927. The summed E-state index contributed by atoms with van der Waals surface area (Å²) in [6.07, 6.45) is 10.1. The Morgan fingerprint density at radius 1 is 1.16 bits per heavy atom. The summed E-state index contributed by atoms with van der Waals surface area (Å²) in [5, 5.41) is 27.0. The van der Waals surface area contributed by atoms with Crippen molar-refractivity contribution in [2.75, 3.05) is 5.32 Å². The van der Waals surface area contributed by atoms with Gasteiger partial charge in [-0.15, -0.1) is 0 Å². The van der Waals surface area contributed by atoms with Crippen molar-refractivity contribution in [2.45, 2.75) is 37.2 Å². The molecule has 6 rings (SSSR count). The molecule has 10 nitrogen and oxygen atoms in total. The Hall–Kier alpha value is -4.78. The van der Waals surface area contributed by atoms with Crippen LogP contribution in [0.25, 0.3) is 22.4 Å². The average Bonchev–Trinajstić information content (AvgIpc) is 3.84. The van der Waals surface area contributed by atoms with E-state index in [9.17, 15) is 15.2 Å². The maximum Gasteiger partial charge on any atom is 0.314 e. The first-order chi connectivity index (χ1) is 18.0. The van der Waals surface area contributed by atoms with E-state index in [1.165, 1.54) is 0 Å². The molecule has 2 aliphatic carbocycles. The molecule has 0 radical (unpaired) electrons. The van der Waals surface area contributed by atoms with E-state index < -0.39 is 11.4 Å². The van der Waals surface area contributed by atoms with Crippen LogP contribution in [0.1, 0.15) is 36.8 Å². The zero-order valence-electron chi connectivity index (χ0n) is 20.0. The van der Waals surface area contributed by atoms with E-state index in [1.54, 1.807) is 41.6 Å². The third-order valence-electron chi connectivity index (χ3n) is 6.80. The molecule has 0 unspecified atom stereocenters. The van der Waals surface area contributed by atoms with Crippen molar-refractivity contribution in [3.05, 3.63) is 66.2 Å². The number of nitrogens with one attached hydrogen (secondary N) is 1. The highest BCUT2D eigenvalue weighted by atomic mass is 16.5. The van der Waals surface area contributed by atoms with Gasteiger partial charge in [-0.25, -0.2) is 0 Å². The van der Waals surface area contributed by atoms with Gasteiger partial charge in [0.25, 0.3) is 0 Å². The normalized spacial score (nSPS) is 15.6. The second kappa shape index (κ2) is 8.71. The highest BCUT2D eigenvalue weighted by Crippen LogP contribution is 2.50. The van der Waals surface area contributed by atoms with Gasteiger partial charge in [-0.2, -0.15) is 15.3 Å². The lowest BCUT2D eigenvalue weighted by molar-refractivity contribution is -0.140. The molecule has 2 N–H and O–H groups in total. The second-order valence-corrected chi connectivity index (χ2v) is 9.41. The third-order valence-corrected chi connectivity index (χ3v) is 6.80. The van der Waals surface area contributed by atoms with E-state index >= 15 is 0 Å². The highest BCUT2D eigenvalue weighted by molar-refractivity contribution is 5.86. The number of carboxylic acid groups (broad SMARTS) is 1. The van der Waals surface area contributed by atoms with Crippen LogP contribution in [-0.2, 0) is 17.3 Å². The zero-order chi connectivity index (χ0) is 25.6. The lowest BCUT2D eigenvalue weighted by atomic mass is 9.89. The number of carbonyl (C=O) groups is 1. The molecule has 3 aromatic heterocycles. The summed E-state index contributed by atoms with van der Waals surface area (Å²) in [4.78, 5) is 25.1. The second-order valence-electron chi connectivity index (χ2n) is 9.41. The highest BCUT2D eigenvalue weighted by Gasteiger charge is 2.52. The molecule has 0 atom stereocenters. The van der Waals surface area contributed by atoms with Crippen LogP contribution in [0.4, 0.5) is 11.6 Å². The summed E-state index contributed by atoms with van der Waals surface area (Å²) >= 11 is 0. The summed E-state index contributed by atoms with van der Waals surface area (Å²) in [6.45, 7) is 0. The first-order valence-corrected chi connectivity index (χ1v) is 12.0. The van der Waals surface area contributed by atoms with Crippen LogP contribution in [0.2, 0.25) is 0 Å². The Bertz CT molecular complexity index is 1550. The number of pyridine rings is 1. The van der Waals surface area contributed by atoms with Crippen LogP contribution in [0, 0.1) is 11.3 Å². The Morgan fingerprint density at radius 2 is 1.97 bits per heavy atom. The molecule has 2 saturated carbocycles. The predicted molar refractivity (Wildman–Crippen MR) is 134 cm³/mol. The van der Waals surface area contributed by atoms with E-state index in [1.807, 2.05) is 25.2 Å². The van der Waals surface area contributed by atoms with Gasteiger partial charge in [0.15, 0.2) is 5.82 Å². The van der Waals surface area contributed by atoms with Crippen molar-refractivity contribution in [3.8, 4) is 34.3 Å². The van der Waals surface area contributed by atoms with Crippen LogP contribution in [0.3, 0.4) is 0 Å². The number of rotatable bonds is 8. The SMILES string of the molecule is Cn1ncc(-c2ccc(-c3ccc(C4(C(=O)O)CC4)c(C#N)c3)cn2)c1Nc1cncc(OC2CC2)n1. The summed E-state index contributed by atoms with van der Waals surface area (Å²) in [5.41, 5.74) is 3.15. The molecule has 0 spiro atoms. The number of benzene rings is 1. The number of aromatic nitrogens is 5. The topological polar surface area (TPSA) is 139 Å². The number of aliphatic carboxylic acids is 1. The Labute approximate surface area is 212 Å². The molecule has 1 aromatic carbocycles. The number of ether oxygens (including phenoxy) is 1. The molecular formula is C27H23N7O3. The molecule has 0 amide bonds. The minimum absolute atomic E-state index is 0.229. The summed E-state index contributed by atoms with van der Waals surface area (Å²) in [6, 6.07) is 11.3. The summed E-state index contributed by atoms with van der Waals surface area (Å²) in [5.74, 6) is 0.852. The van der Waals surface area contributed by atoms with E-state index in [0.29, 0.717) is 47.2 Å². The van der Waals surface area contributed by atoms with Gasteiger partial charge in [-0.05, 0) is 48.9 Å². The first-order valence-electron chi connectivity index (χ1n) is 12.0. The van der Waals surface area contributed by atoms with Gasteiger partial charge in [-0.3, -0.25) is 19.4 Å². The number of nitriles is 1. The van der Waals surface area contributed by atoms with E-state index in [0.717, 1.165) is 29.5 Å². The van der Waals surface area contributed by atoms with Gasteiger partial charge in [0.1, 0.15) is 11.9 Å². The van der Waals surface area contributed by atoms with Gasteiger partial charge < -0.3 is 15.2 Å². The average molecular weight is 494 g/mol. The number of nitrogens with zero attached hydrogens (tertiary/aromatic N) is 6. The third kappa shape index (κ3) is 4.25. The molecule has 3 heterocycles. The fraction of sp³-hybridized carbons (Fsp3) is 0.259. The van der Waals surface area contributed by atoms with Crippen LogP contribution in [0.5, 0.6) is 5.88 Å². The van der Waals surface area contributed by atoms with Crippen molar-refractivity contribution in [3.63, 3.8) is 0 Å². The molecular weight excluding hydrogens is 470 g/mol. The Balaban J connectivity index is 1.26. The fourth-order valence-electron chi connectivity index (χ4n) is 4.40. The number of carboxylic acids is 1. The van der Waals surface area contributed by atoms with Crippen LogP contribution in [-0.4, -0.2) is 41.9 Å². The van der Waals surface area contributed by atoms with Crippen molar-refractivity contribution >= 4 is 17.6 Å². The predicted octanol–water partition coefficient (Wildman–Crippen LogP) is 4.21. The van der Waals surface area contributed by atoms with Crippen LogP contribution >= 0.6 is 0 Å². The zero-order valence-corrected chi connectivity index (χ0v) is 20.0. The van der Waals surface area contributed by atoms with E-state index in [-0.39, 0.29) is 6.10 Å². The number of hydrogen-bond donors (Lipinski definition) is 2. The monoisotopic (exact) mass is 493 g/mol. The van der Waals surface area contributed by atoms with Gasteiger partial charge in [-0.1, -0.05) is 18.2 Å². The maximum atomic E-state index is 11.7. The molecule has 37 heavy (non-hydrogen) atoms. The molecule has 2 aliphatic rings. The van der Waals surface area contributed by atoms with Gasteiger partial charge in [0.2, 0.25) is 5.88 Å². The van der Waals surface area contributed by atoms with Crippen molar-refractivity contribution in [1.82, 2.24) is 24.7 Å². The van der Waals surface area contributed by atoms with Crippen molar-refractivity contribution in [2.24, 2.45) is 7.05 Å².